The van der Waals surface area contributed by atoms with E-state index in [0.717, 1.165) is 29.9 Å². The minimum Gasteiger partial charge on any atom is -0.374 e. The van der Waals surface area contributed by atoms with Gasteiger partial charge in [0.1, 0.15) is 0 Å². The molecule has 5 nitrogen and oxygen atoms in total. The SMILES string of the molecule is CC(C)OCc1cccc(NC(=O)c2ccc(N3CCCC3=O)cc2)c1. The number of amides is 2. The lowest BCUT2D eigenvalue weighted by molar-refractivity contribution is -0.117. The van der Waals surface area contributed by atoms with Crippen molar-refractivity contribution < 1.29 is 14.3 Å². The maximum absolute atomic E-state index is 12.5. The number of anilines is 2. The molecular formula is C21H24N2O3. The fraction of sp³-hybridized carbons (Fsp3) is 0.333. The topological polar surface area (TPSA) is 58.6 Å². The Morgan fingerprint density at radius 1 is 1.19 bits per heavy atom. The fourth-order valence-electron chi connectivity index (χ4n) is 2.92. The molecule has 1 aliphatic rings. The first-order chi connectivity index (χ1) is 12.5. The monoisotopic (exact) mass is 352 g/mol. The van der Waals surface area contributed by atoms with E-state index in [0.29, 0.717) is 18.6 Å². The third-order valence-corrected chi connectivity index (χ3v) is 4.28. The fourth-order valence-corrected chi connectivity index (χ4v) is 2.92. The molecule has 0 saturated carbocycles. The number of rotatable bonds is 6. The lowest BCUT2D eigenvalue weighted by Gasteiger charge is -2.16. The molecule has 1 saturated heterocycles. The van der Waals surface area contributed by atoms with Crippen LogP contribution >= 0.6 is 0 Å². The third kappa shape index (κ3) is 4.49. The molecule has 5 heteroatoms. The van der Waals surface area contributed by atoms with Crippen molar-refractivity contribution in [2.75, 3.05) is 16.8 Å². The highest BCUT2D eigenvalue weighted by atomic mass is 16.5. The average molecular weight is 352 g/mol. The molecule has 2 amide bonds. The Bertz CT molecular complexity index is 784. The van der Waals surface area contributed by atoms with Gasteiger partial charge < -0.3 is 15.0 Å². The second-order valence-corrected chi connectivity index (χ2v) is 6.71. The Morgan fingerprint density at radius 2 is 1.96 bits per heavy atom. The van der Waals surface area contributed by atoms with E-state index < -0.39 is 0 Å². The summed E-state index contributed by atoms with van der Waals surface area (Å²) in [7, 11) is 0. The summed E-state index contributed by atoms with van der Waals surface area (Å²) >= 11 is 0. The maximum atomic E-state index is 12.5. The second kappa shape index (κ2) is 8.15. The summed E-state index contributed by atoms with van der Waals surface area (Å²) in [6, 6.07) is 14.8. The number of carbonyl (C=O) groups is 2. The molecule has 1 fully saturated rings. The number of nitrogens with one attached hydrogen (secondary N) is 1. The Balaban J connectivity index is 1.64. The van der Waals surface area contributed by atoms with Gasteiger partial charge in [-0.25, -0.2) is 0 Å². The normalized spacial score (nSPS) is 14.1. The molecule has 1 aliphatic heterocycles. The van der Waals surface area contributed by atoms with E-state index in [1.807, 2.05) is 50.2 Å². The van der Waals surface area contributed by atoms with Gasteiger partial charge in [-0.3, -0.25) is 9.59 Å². The van der Waals surface area contributed by atoms with E-state index in [1.165, 1.54) is 0 Å². The molecule has 0 spiro atoms. The Morgan fingerprint density at radius 3 is 2.62 bits per heavy atom. The Labute approximate surface area is 154 Å². The number of ether oxygens (including phenoxy) is 1. The van der Waals surface area contributed by atoms with Gasteiger partial charge in [0.2, 0.25) is 5.91 Å². The molecule has 0 bridgehead atoms. The number of carbonyl (C=O) groups excluding carboxylic acids is 2. The van der Waals surface area contributed by atoms with Crippen molar-refractivity contribution in [3.63, 3.8) is 0 Å². The van der Waals surface area contributed by atoms with Crippen molar-refractivity contribution in [2.24, 2.45) is 0 Å². The molecular weight excluding hydrogens is 328 g/mol. The zero-order chi connectivity index (χ0) is 18.5. The molecule has 1 N–H and O–H groups in total. The van der Waals surface area contributed by atoms with E-state index in [1.54, 1.807) is 17.0 Å². The van der Waals surface area contributed by atoms with Crippen LogP contribution in [0, 0.1) is 0 Å². The molecule has 1 heterocycles. The predicted octanol–water partition coefficient (Wildman–Crippen LogP) is 3.99. The lowest BCUT2D eigenvalue weighted by Crippen LogP contribution is -2.23. The summed E-state index contributed by atoms with van der Waals surface area (Å²) in [5, 5.41) is 2.91. The molecule has 0 aliphatic carbocycles. The number of benzene rings is 2. The number of nitrogens with zero attached hydrogens (tertiary/aromatic N) is 1. The van der Waals surface area contributed by atoms with Crippen LogP contribution in [0.15, 0.2) is 48.5 Å². The van der Waals surface area contributed by atoms with Crippen molar-refractivity contribution in [3.8, 4) is 0 Å². The molecule has 0 unspecified atom stereocenters. The molecule has 2 aromatic carbocycles. The predicted molar refractivity (Wildman–Crippen MR) is 102 cm³/mol. The quantitative estimate of drug-likeness (QED) is 0.855. The van der Waals surface area contributed by atoms with Crippen molar-refractivity contribution in [1.82, 2.24) is 0 Å². The van der Waals surface area contributed by atoms with Gasteiger partial charge in [0.15, 0.2) is 0 Å². The highest BCUT2D eigenvalue weighted by Gasteiger charge is 2.21. The molecule has 0 atom stereocenters. The zero-order valence-electron chi connectivity index (χ0n) is 15.2. The van der Waals surface area contributed by atoms with Crippen LogP contribution in [0.3, 0.4) is 0 Å². The largest absolute Gasteiger partial charge is 0.374 e. The molecule has 3 rings (SSSR count). The highest BCUT2D eigenvalue weighted by Crippen LogP contribution is 2.22. The van der Waals surface area contributed by atoms with Crippen molar-refractivity contribution in [1.29, 1.82) is 0 Å². The summed E-state index contributed by atoms with van der Waals surface area (Å²) in [4.78, 5) is 26.0. The Hall–Kier alpha value is -2.66. The van der Waals surface area contributed by atoms with Crippen molar-refractivity contribution >= 4 is 23.2 Å². The summed E-state index contributed by atoms with van der Waals surface area (Å²) in [6.07, 6.45) is 1.64. The van der Waals surface area contributed by atoms with Crippen molar-refractivity contribution in [2.45, 2.75) is 39.4 Å². The molecule has 0 radical (unpaired) electrons. The number of hydrogen-bond acceptors (Lipinski definition) is 3. The molecule has 0 aromatic heterocycles. The molecule has 26 heavy (non-hydrogen) atoms. The van der Waals surface area contributed by atoms with E-state index in [-0.39, 0.29) is 17.9 Å². The number of hydrogen-bond donors (Lipinski definition) is 1. The van der Waals surface area contributed by atoms with E-state index >= 15 is 0 Å². The molecule has 136 valence electrons. The van der Waals surface area contributed by atoms with Gasteiger partial charge in [-0.2, -0.15) is 0 Å². The van der Waals surface area contributed by atoms with Gasteiger partial charge in [-0.15, -0.1) is 0 Å². The van der Waals surface area contributed by atoms with Crippen LogP contribution in [0.2, 0.25) is 0 Å². The van der Waals surface area contributed by atoms with Crippen LogP contribution in [0.5, 0.6) is 0 Å². The molecule has 2 aromatic rings. The van der Waals surface area contributed by atoms with Gasteiger partial charge in [-0.05, 0) is 62.2 Å². The van der Waals surface area contributed by atoms with Gasteiger partial charge >= 0.3 is 0 Å². The van der Waals surface area contributed by atoms with Crippen LogP contribution in [-0.2, 0) is 16.1 Å². The van der Waals surface area contributed by atoms with E-state index in [4.69, 9.17) is 4.74 Å². The van der Waals surface area contributed by atoms with Crippen LogP contribution in [-0.4, -0.2) is 24.5 Å². The van der Waals surface area contributed by atoms with Gasteiger partial charge in [0.05, 0.1) is 12.7 Å². The first kappa shape index (κ1) is 18.1. The van der Waals surface area contributed by atoms with Gasteiger partial charge in [0.25, 0.3) is 5.91 Å². The zero-order valence-corrected chi connectivity index (χ0v) is 15.2. The third-order valence-electron chi connectivity index (χ3n) is 4.28. The van der Waals surface area contributed by atoms with Crippen LogP contribution < -0.4 is 10.2 Å². The first-order valence-electron chi connectivity index (χ1n) is 8.95. The van der Waals surface area contributed by atoms with E-state index in [2.05, 4.69) is 5.32 Å². The lowest BCUT2D eigenvalue weighted by atomic mass is 10.1. The summed E-state index contributed by atoms with van der Waals surface area (Å²) < 4.78 is 5.60. The van der Waals surface area contributed by atoms with Gasteiger partial charge in [-0.1, -0.05) is 12.1 Å². The first-order valence-corrected chi connectivity index (χ1v) is 8.95. The van der Waals surface area contributed by atoms with E-state index in [9.17, 15) is 9.59 Å². The standard InChI is InChI=1S/C21H24N2O3/c1-15(2)26-14-16-5-3-6-18(13-16)22-21(25)17-8-10-19(11-9-17)23-12-4-7-20(23)24/h3,5-6,8-11,13,15H,4,7,12,14H2,1-2H3,(H,22,25). The minimum absolute atomic E-state index is 0.141. The van der Waals surface area contributed by atoms with Gasteiger partial charge in [0, 0.05) is 29.9 Å². The highest BCUT2D eigenvalue weighted by molar-refractivity contribution is 6.04. The van der Waals surface area contributed by atoms with Crippen LogP contribution in [0.4, 0.5) is 11.4 Å². The maximum Gasteiger partial charge on any atom is 0.255 e. The summed E-state index contributed by atoms with van der Waals surface area (Å²) in [5.74, 6) is -0.0335. The van der Waals surface area contributed by atoms with Crippen molar-refractivity contribution in [3.05, 3.63) is 59.7 Å². The minimum atomic E-state index is -0.175. The average Bonchev–Trinajstić information content (AvgIpc) is 3.06. The summed E-state index contributed by atoms with van der Waals surface area (Å²) in [5.41, 5.74) is 3.15. The van der Waals surface area contributed by atoms with Crippen LogP contribution in [0.1, 0.15) is 42.6 Å². The van der Waals surface area contributed by atoms with Crippen LogP contribution in [0.25, 0.3) is 0 Å². The second-order valence-electron chi connectivity index (χ2n) is 6.71. The smallest absolute Gasteiger partial charge is 0.255 e. The Kier molecular flexibility index (Phi) is 5.68. The summed E-state index contributed by atoms with van der Waals surface area (Å²) in [6.45, 7) is 5.24.